The number of anilines is 2. The maximum atomic E-state index is 5.64. The lowest BCUT2D eigenvalue weighted by Crippen LogP contribution is -2.30. The van der Waals surface area contributed by atoms with Crippen LogP contribution in [-0.4, -0.2) is 35.1 Å². The second-order valence-electron chi connectivity index (χ2n) is 3.97. The second kappa shape index (κ2) is 5.94. The average Bonchev–Trinajstić information content (AvgIpc) is 2.23. The molecule has 0 bridgehead atoms. The molecule has 0 amide bonds. The van der Waals surface area contributed by atoms with Crippen LogP contribution in [0.1, 0.15) is 19.0 Å². The maximum absolute atomic E-state index is 5.64. The second-order valence-corrected chi connectivity index (χ2v) is 4.95. The summed E-state index contributed by atoms with van der Waals surface area (Å²) in [5, 5.41) is 0. The van der Waals surface area contributed by atoms with Gasteiger partial charge in [-0.25, -0.2) is 4.98 Å². The lowest BCUT2D eigenvalue weighted by atomic mass is 10.2. The minimum Gasteiger partial charge on any atom is -0.368 e. The molecule has 0 saturated carbocycles. The van der Waals surface area contributed by atoms with Crippen LogP contribution in [0, 0.1) is 6.92 Å². The highest BCUT2D eigenvalue weighted by molar-refractivity contribution is 7.98. The number of hydrogen-bond donors (Lipinski definition) is 1. The smallest absolute Gasteiger partial charge is 0.222 e. The van der Waals surface area contributed by atoms with Gasteiger partial charge in [-0.3, -0.25) is 0 Å². The van der Waals surface area contributed by atoms with Gasteiger partial charge in [0.25, 0.3) is 0 Å². The molecule has 0 radical (unpaired) electrons. The van der Waals surface area contributed by atoms with Gasteiger partial charge in [-0.1, -0.05) is 0 Å². The largest absolute Gasteiger partial charge is 0.368 e. The van der Waals surface area contributed by atoms with Gasteiger partial charge in [0.05, 0.1) is 0 Å². The first kappa shape index (κ1) is 13.1. The Morgan fingerprint density at radius 3 is 2.75 bits per heavy atom. The number of nitrogens with zero attached hydrogens (tertiary/aromatic N) is 3. The topological polar surface area (TPSA) is 55.0 Å². The van der Waals surface area contributed by atoms with Crippen molar-refractivity contribution in [1.82, 2.24) is 9.97 Å². The molecule has 1 rings (SSSR count). The summed E-state index contributed by atoms with van der Waals surface area (Å²) in [7, 11) is 2.05. The van der Waals surface area contributed by atoms with Crippen molar-refractivity contribution in [1.29, 1.82) is 0 Å². The van der Waals surface area contributed by atoms with Gasteiger partial charge in [-0.15, -0.1) is 0 Å². The van der Waals surface area contributed by atoms with Gasteiger partial charge in [0.1, 0.15) is 5.82 Å². The number of hydrogen-bond acceptors (Lipinski definition) is 5. The summed E-state index contributed by atoms with van der Waals surface area (Å²) < 4.78 is 0. The molecule has 4 nitrogen and oxygen atoms in total. The van der Waals surface area contributed by atoms with Gasteiger partial charge < -0.3 is 10.6 Å². The predicted octanol–water partition coefficient (Wildman–Crippen LogP) is 1.95. The van der Waals surface area contributed by atoms with Gasteiger partial charge in [-0.2, -0.15) is 16.7 Å². The van der Waals surface area contributed by atoms with E-state index in [0.29, 0.717) is 12.0 Å². The molecule has 0 aliphatic carbocycles. The van der Waals surface area contributed by atoms with Crippen LogP contribution in [0.4, 0.5) is 11.8 Å². The minimum atomic E-state index is 0.346. The van der Waals surface area contributed by atoms with Gasteiger partial charge in [-0.05, 0) is 32.3 Å². The van der Waals surface area contributed by atoms with Crippen LogP contribution in [0.2, 0.25) is 0 Å². The van der Waals surface area contributed by atoms with Crippen molar-refractivity contribution < 1.29 is 0 Å². The van der Waals surface area contributed by atoms with E-state index in [2.05, 4.69) is 28.0 Å². The van der Waals surface area contributed by atoms with E-state index in [1.165, 1.54) is 0 Å². The normalized spacial score (nSPS) is 12.5. The van der Waals surface area contributed by atoms with Crippen molar-refractivity contribution >= 4 is 23.5 Å². The van der Waals surface area contributed by atoms with E-state index in [9.17, 15) is 0 Å². The zero-order valence-electron chi connectivity index (χ0n) is 10.4. The Morgan fingerprint density at radius 2 is 2.19 bits per heavy atom. The molecule has 0 aliphatic heterocycles. The summed E-state index contributed by atoms with van der Waals surface area (Å²) in [5.41, 5.74) is 6.55. The number of thioether (sulfide) groups is 1. The molecule has 0 saturated heterocycles. The highest BCUT2D eigenvalue weighted by Gasteiger charge is 2.11. The van der Waals surface area contributed by atoms with E-state index in [1.807, 2.05) is 31.8 Å². The van der Waals surface area contributed by atoms with Crippen molar-refractivity contribution in [3.05, 3.63) is 11.8 Å². The number of aryl methyl sites for hydroxylation is 1. The average molecular weight is 240 g/mol. The highest BCUT2D eigenvalue weighted by Crippen LogP contribution is 2.16. The van der Waals surface area contributed by atoms with E-state index in [-0.39, 0.29) is 0 Å². The van der Waals surface area contributed by atoms with Gasteiger partial charge in [0, 0.05) is 24.8 Å². The van der Waals surface area contributed by atoms with E-state index in [1.54, 1.807) is 0 Å². The molecule has 1 unspecified atom stereocenters. The fourth-order valence-corrected chi connectivity index (χ4v) is 2.04. The van der Waals surface area contributed by atoms with Gasteiger partial charge in [0.2, 0.25) is 5.95 Å². The van der Waals surface area contributed by atoms with Crippen LogP contribution in [0.15, 0.2) is 6.07 Å². The molecular formula is C11H20N4S. The van der Waals surface area contributed by atoms with E-state index < -0.39 is 0 Å². The Hall–Kier alpha value is -0.970. The number of aromatic nitrogens is 2. The van der Waals surface area contributed by atoms with Crippen molar-refractivity contribution in [2.45, 2.75) is 26.3 Å². The summed E-state index contributed by atoms with van der Waals surface area (Å²) in [5.74, 6) is 2.41. The third kappa shape index (κ3) is 3.56. The molecular weight excluding hydrogens is 220 g/mol. The molecule has 0 fully saturated rings. The Labute approximate surface area is 102 Å². The summed E-state index contributed by atoms with van der Waals surface area (Å²) in [6.45, 7) is 4.13. The predicted molar refractivity (Wildman–Crippen MR) is 72.0 cm³/mol. The fourth-order valence-electron chi connectivity index (χ4n) is 1.46. The molecule has 0 spiro atoms. The van der Waals surface area contributed by atoms with E-state index in [4.69, 9.17) is 5.73 Å². The molecule has 1 aromatic rings. The van der Waals surface area contributed by atoms with Crippen LogP contribution in [0.25, 0.3) is 0 Å². The fraction of sp³-hybridized carbons (Fsp3) is 0.636. The molecule has 1 atom stereocenters. The van der Waals surface area contributed by atoms with E-state index >= 15 is 0 Å². The van der Waals surface area contributed by atoms with Crippen LogP contribution < -0.4 is 10.6 Å². The molecule has 2 N–H and O–H groups in total. The molecule has 90 valence electrons. The molecule has 1 heterocycles. The maximum Gasteiger partial charge on any atom is 0.222 e. The Kier molecular flexibility index (Phi) is 4.86. The number of nitrogens with two attached hydrogens (primary N) is 1. The number of rotatable bonds is 5. The lowest BCUT2D eigenvalue weighted by molar-refractivity contribution is 0.661. The highest BCUT2D eigenvalue weighted by atomic mass is 32.2. The Morgan fingerprint density at radius 1 is 1.50 bits per heavy atom. The lowest BCUT2D eigenvalue weighted by Gasteiger charge is -2.26. The van der Waals surface area contributed by atoms with Crippen LogP contribution >= 0.6 is 11.8 Å². The van der Waals surface area contributed by atoms with Gasteiger partial charge >= 0.3 is 0 Å². The van der Waals surface area contributed by atoms with Crippen molar-refractivity contribution in [2.24, 2.45) is 0 Å². The quantitative estimate of drug-likeness (QED) is 0.852. The molecule has 5 heteroatoms. The number of nitrogen functional groups attached to an aromatic ring is 1. The molecule has 16 heavy (non-hydrogen) atoms. The SMILES string of the molecule is CSCCC(C)N(C)c1cc(C)nc(N)n1. The summed E-state index contributed by atoms with van der Waals surface area (Å²) in [6, 6.07) is 2.42. The summed E-state index contributed by atoms with van der Waals surface area (Å²) in [4.78, 5) is 10.5. The zero-order valence-corrected chi connectivity index (χ0v) is 11.2. The Balaban J connectivity index is 2.74. The van der Waals surface area contributed by atoms with Crippen molar-refractivity contribution in [3.63, 3.8) is 0 Å². The van der Waals surface area contributed by atoms with Crippen LogP contribution in [0.5, 0.6) is 0 Å². The molecule has 1 aromatic heterocycles. The summed E-state index contributed by atoms with van der Waals surface area (Å²) in [6.07, 6.45) is 3.26. The van der Waals surface area contributed by atoms with Crippen molar-refractivity contribution in [3.8, 4) is 0 Å². The van der Waals surface area contributed by atoms with E-state index in [0.717, 1.165) is 23.7 Å². The molecule has 0 aromatic carbocycles. The third-order valence-corrected chi connectivity index (χ3v) is 3.26. The monoisotopic (exact) mass is 240 g/mol. The van der Waals surface area contributed by atoms with Crippen LogP contribution in [-0.2, 0) is 0 Å². The first-order chi connectivity index (χ1) is 7.54. The summed E-state index contributed by atoms with van der Waals surface area (Å²) >= 11 is 1.86. The van der Waals surface area contributed by atoms with Gasteiger partial charge in [0.15, 0.2) is 0 Å². The Bertz CT molecular complexity index is 323. The third-order valence-electron chi connectivity index (χ3n) is 2.62. The first-order valence-corrected chi connectivity index (χ1v) is 6.77. The molecule has 0 aliphatic rings. The zero-order chi connectivity index (χ0) is 12.1. The standard InChI is InChI=1S/C11H20N4S/c1-8-7-10(14-11(12)13-8)15(3)9(2)5-6-16-4/h7,9H,5-6H2,1-4H3,(H2,12,13,14). The first-order valence-electron chi connectivity index (χ1n) is 5.37. The van der Waals surface area contributed by atoms with Crippen molar-refractivity contribution in [2.75, 3.05) is 29.7 Å². The van der Waals surface area contributed by atoms with Crippen LogP contribution in [0.3, 0.4) is 0 Å². The minimum absolute atomic E-state index is 0.346.